The summed E-state index contributed by atoms with van der Waals surface area (Å²) >= 11 is 1.38. The molecule has 1 saturated heterocycles. The molecule has 0 bridgehead atoms. The third kappa shape index (κ3) is 2.97. The second kappa shape index (κ2) is 7.12. The Labute approximate surface area is 156 Å². The van der Waals surface area contributed by atoms with Crippen molar-refractivity contribution in [1.29, 1.82) is 0 Å². The van der Waals surface area contributed by atoms with Gasteiger partial charge in [0.15, 0.2) is 0 Å². The number of hydrogen-bond donors (Lipinski definition) is 0. The van der Waals surface area contributed by atoms with Crippen LogP contribution in [0.1, 0.15) is 53.2 Å². The topological polar surface area (TPSA) is 64.4 Å². The maximum atomic E-state index is 13.0. The number of carbonyl (C=O) groups excluding carboxylic acids is 1. The molecule has 0 N–H and O–H groups in total. The molecule has 2 aromatic rings. The zero-order valence-corrected chi connectivity index (χ0v) is 16.2. The molecule has 0 radical (unpaired) electrons. The van der Waals surface area contributed by atoms with Crippen molar-refractivity contribution in [3.8, 4) is 0 Å². The average molecular weight is 375 g/mol. The van der Waals surface area contributed by atoms with Crippen molar-refractivity contribution in [1.82, 2.24) is 14.5 Å². The first-order valence-corrected chi connectivity index (χ1v) is 10.3. The normalized spacial score (nSPS) is 18.8. The fourth-order valence-corrected chi connectivity index (χ4v) is 5.21. The second-order valence-electron chi connectivity index (χ2n) is 7.26. The maximum absolute atomic E-state index is 13.0. The number of thiophene rings is 1. The van der Waals surface area contributed by atoms with Gasteiger partial charge in [0.25, 0.3) is 11.5 Å². The van der Waals surface area contributed by atoms with E-state index >= 15 is 0 Å². The summed E-state index contributed by atoms with van der Waals surface area (Å²) in [4.78, 5) is 34.1. The number of nitrogens with zero attached hydrogens (tertiary/aromatic N) is 3. The molecule has 1 fully saturated rings. The molecule has 2 aliphatic rings. The number of piperidine rings is 1. The van der Waals surface area contributed by atoms with Crippen LogP contribution in [0.3, 0.4) is 0 Å². The SMILES string of the molecule is COC1CCN(C(=O)c2sc3nc4n(c(=O)c3c2C)CCCCC4)CC1. The highest BCUT2D eigenvalue weighted by molar-refractivity contribution is 7.20. The van der Waals surface area contributed by atoms with Crippen LogP contribution in [0, 0.1) is 6.92 Å². The van der Waals surface area contributed by atoms with Gasteiger partial charge in [0.2, 0.25) is 0 Å². The standard InChI is InChI=1S/C19H25N3O3S/c1-12-15-17(20-14-6-4-3-5-9-22(14)18(15)23)26-16(12)19(24)21-10-7-13(25-2)8-11-21/h13H,3-11H2,1-2H3. The van der Waals surface area contributed by atoms with Gasteiger partial charge in [-0.1, -0.05) is 6.42 Å². The lowest BCUT2D eigenvalue weighted by Gasteiger charge is -2.31. The van der Waals surface area contributed by atoms with Gasteiger partial charge in [-0.05, 0) is 38.2 Å². The predicted octanol–water partition coefficient (Wildman–Crippen LogP) is 2.74. The fourth-order valence-electron chi connectivity index (χ4n) is 4.05. The van der Waals surface area contributed by atoms with Crippen molar-refractivity contribution in [2.75, 3.05) is 20.2 Å². The molecule has 26 heavy (non-hydrogen) atoms. The van der Waals surface area contributed by atoms with Gasteiger partial charge in [-0.25, -0.2) is 4.98 Å². The third-order valence-electron chi connectivity index (χ3n) is 5.67. The number of amides is 1. The monoisotopic (exact) mass is 375 g/mol. The summed E-state index contributed by atoms with van der Waals surface area (Å²) in [5, 5.41) is 0.635. The molecular formula is C19H25N3O3S. The molecule has 4 heterocycles. The lowest BCUT2D eigenvalue weighted by molar-refractivity contribution is 0.0353. The smallest absolute Gasteiger partial charge is 0.264 e. The van der Waals surface area contributed by atoms with Gasteiger partial charge in [-0.15, -0.1) is 11.3 Å². The van der Waals surface area contributed by atoms with E-state index in [2.05, 4.69) is 0 Å². The van der Waals surface area contributed by atoms with Crippen molar-refractivity contribution < 1.29 is 9.53 Å². The molecular weight excluding hydrogens is 350 g/mol. The van der Waals surface area contributed by atoms with Crippen molar-refractivity contribution in [2.24, 2.45) is 0 Å². The molecule has 0 spiro atoms. The molecule has 2 aliphatic heterocycles. The van der Waals surface area contributed by atoms with Gasteiger partial charge in [0, 0.05) is 33.2 Å². The van der Waals surface area contributed by atoms with E-state index in [-0.39, 0.29) is 17.6 Å². The zero-order chi connectivity index (χ0) is 18.3. The fraction of sp³-hybridized carbons (Fsp3) is 0.632. The van der Waals surface area contributed by atoms with E-state index in [0.29, 0.717) is 23.4 Å². The Morgan fingerprint density at radius 3 is 2.69 bits per heavy atom. The minimum Gasteiger partial charge on any atom is -0.381 e. The Kier molecular flexibility index (Phi) is 4.84. The molecule has 0 atom stereocenters. The van der Waals surface area contributed by atoms with Crippen LogP contribution in [0.5, 0.6) is 0 Å². The van der Waals surface area contributed by atoms with Crippen LogP contribution in [0.4, 0.5) is 0 Å². The minimum absolute atomic E-state index is 0.0257. The van der Waals surface area contributed by atoms with Crippen LogP contribution in [0.2, 0.25) is 0 Å². The number of rotatable bonds is 2. The van der Waals surface area contributed by atoms with Gasteiger partial charge in [0.1, 0.15) is 10.7 Å². The molecule has 7 heteroatoms. The number of methoxy groups -OCH3 is 1. The highest BCUT2D eigenvalue weighted by Gasteiger charge is 2.28. The number of likely N-dealkylation sites (tertiary alicyclic amines) is 1. The van der Waals surface area contributed by atoms with Crippen LogP contribution in [0.15, 0.2) is 4.79 Å². The van der Waals surface area contributed by atoms with E-state index in [0.717, 1.165) is 61.3 Å². The third-order valence-corrected chi connectivity index (χ3v) is 6.84. The predicted molar refractivity (Wildman–Crippen MR) is 102 cm³/mol. The van der Waals surface area contributed by atoms with Crippen molar-refractivity contribution in [2.45, 2.75) is 58.1 Å². The van der Waals surface area contributed by atoms with Crippen molar-refractivity contribution >= 4 is 27.5 Å². The highest BCUT2D eigenvalue weighted by Crippen LogP contribution is 2.30. The van der Waals surface area contributed by atoms with E-state index in [4.69, 9.17) is 9.72 Å². The number of fused-ring (bicyclic) bond motifs is 2. The number of hydrogen-bond acceptors (Lipinski definition) is 5. The summed E-state index contributed by atoms with van der Waals surface area (Å²) < 4.78 is 7.22. The summed E-state index contributed by atoms with van der Waals surface area (Å²) in [5.74, 6) is 0.904. The first kappa shape index (κ1) is 17.7. The Morgan fingerprint density at radius 1 is 1.19 bits per heavy atom. The number of ether oxygens (including phenoxy) is 1. The van der Waals surface area contributed by atoms with E-state index < -0.39 is 0 Å². The van der Waals surface area contributed by atoms with Gasteiger partial charge >= 0.3 is 0 Å². The quantitative estimate of drug-likeness (QED) is 0.810. The van der Waals surface area contributed by atoms with Crippen LogP contribution < -0.4 is 5.56 Å². The number of carbonyl (C=O) groups is 1. The van der Waals surface area contributed by atoms with Crippen LogP contribution in [0.25, 0.3) is 10.2 Å². The van der Waals surface area contributed by atoms with E-state index in [1.807, 2.05) is 16.4 Å². The van der Waals surface area contributed by atoms with E-state index in [1.165, 1.54) is 11.3 Å². The second-order valence-corrected chi connectivity index (χ2v) is 8.26. The summed E-state index contributed by atoms with van der Waals surface area (Å²) in [6, 6.07) is 0. The minimum atomic E-state index is 0.0257. The lowest BCUT2D eigenvalue weighted by Crippen LogP contribution is -2.40. The van der Waals surface area contributed by atoms with E-state index in [9.17, 15) is 9.59 Å². The Morgan fingerprint density at radius 2 is 1.96 bits per heavy atom. The van der Waals surface area contributed by atoms with Crippen molar-refractivity contribution in [3.63, 3.8) is 0 Å². The van der Waals surface area contributed by atoms with E-state index in [1.54, 1.807) is 7.11 Å². The Bertz CT molecular complexity index is 894. The van der Waals surface area contributed by atoms with Gasteiger partial charge in [0.05, 0.1) is 16.4 Å². The lowest BCUT2D eigenvalue weighted by atomic mass is 10.1. The number of aryl methyl sites for hydroxylation is 2. The van der Waals surface area contributed by atoms with Crippen LogP contribution in [-0.4, -0.2) is 46.7 Å². The summed E-state index contributed by atoms with van der Waals surface area (Å²) in [7, 11) is 1.72. The summed E-state index contributed by atoms with van der Waals surface area (Å²) in [5.41, 5.74) is 0.818. The summed E-state index contributed by atoms with van der Waals surface area (Å²) in [6.07, 6.45) is 6.03. The maximum Gasteiger partial charge on any atom is 0.264 e. The molecule has 0 aliphatic carbocycles. The average Bonchev–Trinajstić information content (AvgIpc) is 2.83. The Balaban J connectivity index is 1.71. The molecule has 1 amide bonds. The first-order chi connectivity index (χ1) is 12.6. The molecule has 4 rings (SSSR count). The van der Waals surface area contributed by atoms with Crippen LogP contribution in [-0.2, 0) is 17.7 Å². The van der Waals surface area contributed by atoms with Gasteiger partial charge < -0.3 is 9.64 Å². The Hall–Kier alpha value is -1.73. The molecule has 2 aromatic heterocycles. The zero-order valence-electron chi connectivity index (χ0n) is 15.4. The van der Waals surface area contributed by atoms with Crippen molar-refractivity contribution in [3.05, 3.63) is 26.6 Å². The highest BCUT2D eigenvalue weighted by atomic mass is 32.1. The first-order valence-electron chi connectivity index (χ1n) is 9.45. The molecule has 0 saturated carbocycles. The summed E-state index contributed by atoms with van der Waals surface area (Å²) in [6.45, 7) is 4.03. The molecule has 6 nitrogen and oxygen atoms in total. The molecule has 0 unspecified atom stereocenters. The molecule has 140 valence electrons. The van der Waals surface area contributed by atoms with Gasteiger partial charge in [-0.3, -0.25) is 14.2 Å². The van der Waals surface area contributed by atoms with Gasteiger partial charge in [-0.2, -0.15) is 0 Å². The van der Waals surface area contributed by atoms with Crippen LogP contribution >= 0.6 is 11.3 Å². The largest absolute Gasteiger partial charge is 0.381 e. The number of aromatic nitrogens is 2. The molecule has 0 aromatic carbocycles.